The molecule has 26 heavy (non-hydrogen) atoms. The van der Waals surface area contributed by atoms with Crippen molar-refractivity contribution in [1.29, 1.82) is 5.26 Å². The van der Waals surface area contributed by atoms with E-state index in [1.807, 2.05) is 18.2 Å². The fourth-order valence-corrected chi connectivity index (χ4v) is 3.41. The summed E-state index contributed by atoms with van der Waals surface area (Å²) in [6.45, 7) is 0.0424. The summed E-state index contributed by atoms with van der Waals surface area (Å²) in [6, 6.07) is 15.7. The number of primary sulfonamides is 1. The quantitative estimate of drug-likeness (QED) is 0.743. The molecule has 3 aromatic rings. The first-order valence-corrected chi connectivity index (χ1v) is 9.19. The van der Waals surface area contributed by atoms with Crippen LogP contribution in [0.15, 0.2) is 59.6 Å². The van der Waals surface area contributed by atoms with E-state index in [9.17, 15) is 8.42 Å². The van der Waals surface area contributed by atoms with Gasteiger partial charge in [0.05, 0.1) is 18.1 Å². The summed E-state index contributed by atoms with van der Waals surface area (Å²) in [4.78, 5) is -0.0167. The lowest BCUT2D eigenvalue weighted by molar-refractivity contribution is 0.415. The van der Waals surface area contributed by atoms with Gasteiger partial charge in [0.1, 0.15) is 18.0 Å². The summed E-state index contributed by atoms with van der Waals surface area (Å²) < 4.78 is 30.6. The van der Waals surface area contributed by atoms with Gasteiger partial charge in [-0.2, -0.15) is 10.4 Å². The Hall–Kier alpha value is -3.15. The van der Waals surface area contributed by atoms with Crippen LogP contribution in [0, 0.1) is 11.3 Å². The first-order valence-electron chi connectivity index (χ1n) is 7.65. The van der Waals surface area contributed by atoms with E-state index >= 15 is 0 Å². The maximum absolute atomic E-state index is 12.0. The average molecular weight is 368 g/mol. The van der Waals surface area contributed by atoms with Crippen molar-refractivity contribution in [3.63, 3.8) is 0 Å². The molecule has 0 bridgehead atoms. The second-order valence-electron chi connectivity index (χ2n) is 5.52. The summed E-state index contributed by atoms with van der Waals surface area (Å²) in [5.41, 5.74) is 2.33. The lowest BCUT2D eigenvalue weighted by atomic mass is 10.0. The summed E-state index contributed by atoms with van der Waals surface area (Å²) in [5.74, 6) is 0.699. The molecule has 0 aliphatic rings. The maximum atomic E-state index is 12.0. The van der Waals surface area contributed by atoms with Crippen molar-refractivity contribution >= 4 is 10.0 Å². The fraction of sp³-hybridized carbons (Fsp3) is 0.111. The van der Waals surface area contributed by atoms with Crippen LogP contribution in [0.1, 0.15) is 0 Å². The third-order valence-corrected chi connectivity index (χ3v) is 4.81. The first kappa shape index (κ1) is 17.7. The molecule has 0 radical (unpaired) electrons. The minimum atomic E-state index is -3.93. The van der Waals surface area contributed by atoms with E-state index < -0.39 is 10.0 Å². The van der Waals surface area contributed by atoms with Crippen LogP contribution in [0.3, 0.4) is 0 Å². The van der Waals surface area contributed by atoms with Crippen molar-refractivity contribution in [3.05, 3.63) is 54.7 Å². The van der Waals surface area contributed by atoms with Crippen molar-refractivity contribution in [2.75, 3.05) is 7.11 Å². The lowest BCUT2D eigenvalue weighted by Gasteiger charge is -2.08. The molecule has 8 heteroatoms. The van der Waals surface area contributed by atoms with Crippen molar-refractivity contribution in [2.24, 2.45) is 5.14 Å². The molecule has 0 saturated heterocycles. The predicted molar refractivity (Wildman–Crippen MR) is 96.6 cm³/mol. The molecular weight excluding hydrogens is 352 g/mol. The Morgan fingerprint density at radius 1 is 1.15 bits per heavy atom. The average Bonchev–Trinajstić information content (AvgIpc) is 3.05. The molecule has 132 valence electrons. The van der Waals surface area contributed by atoms with Gasteiger partial charge >= 0.3 is 0 Å². The number of nitrogens with zero attached hydrogens (tertiary/aromatic N) is 3. The van der Waals surface area contributed by atoms with Crippen molar-refractivity contribution < 1.29 is 13.2 Å². The van der Waals surface area contributed by atoms with Crippen LogP contribution in [-0.4, -0.2) is 25.3 Å². The van der Waals surface area contributed by atoms with Gasteiger partial charge in [-0.3, -0.25) is 4.68 Å². The first-order chi connectivity index (χ1) is 12.4. The minimum Gasteiger partial charge on any atom is -0.497 e. The Bertz CT molecular complexity index is 1080. The highest BCUT2D eigenvalue weighted by Crippen LogP contribution is 2.35. The van der Waals surface area contributed by atoms with Crippen molar-refractivity contribution in [2.45, 2.75) is 11.4 Å². The number of methoxy groups -OCH3 is 1. The number of sulfonamides is 1. The highest BCUT2D eigenvalue weighted by atomic mass is 32.2. The van der Waals surface area contributed by atoms with Crippen LogP contribution < -0.4 is 9.88 Å². The highest BCUT2D eigenvalue weighted by molar-refractivity contribution is 7.89. The molecule has 0 amide bonds. The minimum absolute atomic E-state index is 0.0167. The zero-order chi connectivity index (χ0) is 18.7. The Balaban J connectivity index is 2.23. The van der Waals surface area contributed by atoms with E-state index in [1.165, 1.54) is 10.7 Å². The number of hydrogen-bond donors (Lipinski definition) is 1. The largest absolute Gasteiger partial charge is 0.497 e. The number of ether oxygens (including phenoxy) is 1. The van der Waals surface area contributed by atoms with Crippen LogP contribution in [0.4, 0.5) is 0 Å². The van der Waals surface area contributed by atoms with Crippen LogP contribution in [0.25, 0.3) is 22.4 Å². The van der Waals surface area contributed by atoms with Gasteiger partial charge in [0, 0.05) is 17.3 Å². The number of hydrogen-bond acceptors (Lipinski definition) is 5. The van der Waals surface area contributed by atoms with Crippen LogP contribution in [0.2, 0.25) is 0 Å². The Labute approximate surface area is 151 Å². The molecular formula is C18H16N4O3S. The Morgan fingerprint density at radius 2 is 1.85 bits per heavy atom. The van der Waals surface area contributed by atoms with E-state index in [0.29, 0.717) is 22.6 Å². The van der Waals surface area contributed by atoms with Gasteiger partial charge in [-0.25, -0.2) is 13.6 Å². The Kier molecular flexibility index (Phi) is 4.75. The number of nitriles is 1. The molecule has 1 heterocycles. The molecule has 0 fully saturated rings. The van der Waals surface area contributed by atoms with E-state index in [0.717, 1.165) is 5.56 Å². The standard InChI is InChI=1S/C18H16N4O3S/c1-25-14-8-6-13(7-9-14)16-12-22(11-10-19)21-18(16)15-4-2-3-5-17(15)26(20,23)24/h2-9,12H,11H2,1H3,(H2,20,23,24). The smallest absolute Gasteiger partial charge is 0.238 e. The van der Waals surface area contributed by atoms with Gasteiger partial charge in [-0.05, 0) is 23.8 Å². The second-order valence-corrected chi connectivity index (χ2v) is 7.05. The van der Waals surface area contributed by atoms with Crippen molar-refractivity contribution in [3.8, 4) is 34.2 Å². The lowest BCUT2D eigenvalue weighted by Crippen LogP contribution is -2.13. The normalized spacial score (nSPS) is 11.1. The van der Waals surface area contributed by atoms with Gasteiger partial charge in [-0.15, -0.1) is 0 Å². The van der Waals surface area contributed by atoms with E-state index in [2.05, 4.69) is 5.10 Å². The van der Waals surface area contributed by atoms with E-state index in [-0.39, 0.29) is 11.4 Å². The molecule has 2 N–H and O–H groups in total. The highest BCUT2D eigenvalue weighted by Gasteiger charge is 2.20. The zero-order valence-corrected chi connectivity index (χ0v) is 14.8. The molecule has 7 nitrogen and oxygen atoms in total. The van der Waals surface area contributed by atoms with E-state index in [1.54, 1.807) is 43.6 Å². The molecule has 3 rings (SSSR count). The summed E-state index contributed by atoms with van der Waals surface area (Å²) in [6.07, 6.45) is 1.71. The fourth-order valence-electron chi connectivity index (χ4n) is 2.67. The second kappa shape index (κ2) is 7.00. The molecule has 1 aromatic heterocycles. The number of rotatable bonds is 5. The number of nitrogens with two attached hydrogens (primary N) is 1. The summed E-state index contributed by atoms with van der Waals surface area (Å²) in [7, 11) is -2.35. The molecule has 0 unspecified atom stereocenters. The summed E-state index contributed by atoms with van der Waals surface area (Å²) in [5, 5.41) is 18.7. The molecule has 0 aliphatic carbocycles. The molecule has 0 saturated carbocycles. The van der Waals surface area contributed by atoms with Gasteiger partial charge in [-0.1, -0.05) is 30.3 Å². The zero-order valence-electron chi connectivity index (χ0n) is 14.0. The predicted octanol–water partition coefficient (Wildman–Crippen LogP) is 2.40. The van der Waals surface area contributed by atoms with Crippen molar-refractivity contribution in [1.82, 2.24) is 9.78 Å². The van der Waals surface area contributed by atoms with Crippen LogP contribution in [-0.2, 0) is 16.6 Å². The van der Waals surface area contributed by atoms with Gasteiger partial charge < -0.3 is 4.74 Å². The molecule has 2 aromatic carbocycles. The maximum Gasteiger partial charge on any atom is 0.238 e. The number of benzene rings is 2. The van der Waals surface area contributed by atoms with Gasteiger partial charge in [0.2, 0.25) is 10.0 Å². The Morgan fingerprint density at radius 3 is 2.46 bits per heavy atom. The van der Waals surface area contributed by atoms with E-state index in [4.69, 9.17) is 15.1 Å². The SMILES string of the molecule is COc1ccc(-c2cn(CC#N)nc2-c2ccccc2S(N)(=O)=O)cc1. The molecule has 0 aliphatic heterocycles. The summed E-state index contributed by atoms with van der Waals surface area (Å²) >= 11 is 0. The molecule has 0 spiro atoms. The third-order valence-electron chi connectivity index (χ3n) is 3.84. The number of aromatic nitrogens is 2. The third kappa shape index (κ3) is 3.44. The van der Waals surface area contributed by atoms with Crippen LogP contribution in [0.5, 0.6) is 5.75 Å². The topological polar surface area (TPSA) is 111 Å². The molecule has 0 atom stereocenters. The van der Waals surface area contributed by atoms with Gasteiger partial charge in [0.15, 0.2) is 0 Å². The monoisotopic (exact) mass is 368 g/mol. The van der Waals surface area contributed by atoms with Crippen LogP contribution >= 0.6 is 0 Å². The van der Waals surface area contributed by atoms with Gasteiger partial charge in [0.25, 0.3) is 0 Å².